The van der Waals surface area contributed by atoms with Crippen molar-refractivity contribution < 1.29 is 4.79 Å². The van der Waals surface area contributed by atoms with Crippen LogP contribution in [0.25, 0.3) is 6.08 Å². The molecule has 1 saturated heterocycles. The lowest BCUT2D eigenvalue weighted by Crippen LogP contribution is -2.25. The van der Waals surface area contributed by atoms with E-state index in [1.807, 2.05) is 31.2 Å². The number of thiocarbonyl (C=S) groups is 1. The monoisotopic (exact) mass is 232 g/mol. The summed E-state index contributed by atoms with van der Waals surface area (Å²) in [6.45, 7) is 2.03. The molecule has 1 aliphatic heterocycles. The number of carbonyl (C=O) groups is 1. The van der Waals surface area contributed by atoms with E-state index in [0.29, 0.717) is 10.8 Å². The molecular formula is C12H12N2OS. The molecule has 0 bridgehead atoms. The molecule has 0 aliphatic carbocycles. The Balaban J connectivity index is 2.29. The van der Waals surface area contributed by atoms with E-state index in [0.717, 1.165) is 5.56 Å². The molecule has 0 atom stereocenters. The molecule has 0 radical (unpaired) electrons. The van der Waals surface area contributed by atoms with Crippen LogP contribution < -0.4 is 5.32 Å². The number of hydrogen-bond acceptors (Lipinski definition) is 2. The number of amides is 1. The van der Waals surface area contributed by atoms with Crippen LogP contribution >= 0.6 is 12.2 Å². The SMILES string of the molecule is Cc1ccc(C=C2NC(=S)N(C)C2=O)cc1. The van der Waals surface area contributed by atoms with E-state index in [1.165, 1.54) is 10.5 Å². The Morgan fingerprint density at radius 1 is 1.31 bits per heavy atom. The molecule has 0 unspecified atom stereocenters. The van der Waals surface area contributed by atoms with Gasteiger partial charge in [-0.2, -0.15) is 0 Å². The topological polar surface area (TPSA) is 32.3 Å². The first kappa shape index (κ1) is 10.8. The Kier molecular flexibility index (Phi) is 2.75. The number of carbonyl (C=O) groups excluding carboxylic acids is 1. The zero-order chi connectivity index (χ0) is 11.7. The van der Waals surface area contributed by atoms with Crippen molar-refractivity contribution in [3.05, 3.63) is 41.1 Å². The fourth-order valence-electron chi connectivity index (χ4n) is 1.45. The molecule has 1 amide bonds. The molecular weight excluding hydrogens is 220 g/mol. The van der Waals surface area contributed by atoms with Gasteiger partial charge in [0.25, 0.3) is 5.91 Å². The molecule has 1 aromatic carbocycles. The minimum absolute atomic E-state index is 0.0921. The van der Waals surface area contributed by atoms with Crippen molar-refractivity contribution in [1.29, 1.82) is 0 Å². The second-order valence-electron chi connectivity index (χ2n) is 3.76. The first-order valence-corrected chi connectivity index (χ1v) is 5.36. The molecule has 1 heterocycles. The van der Waals surface area contributed by atoms with Gasteiger partial charge in [0.2, 0.25) is 0 Å². The van der Waals surface area contributed by atoms with Crippen LogP contribution in [0.1, 0.15) is 11.1 Å². The van der Waals surface area contributed by atoms with Crippen molar-refractivity contribution in [3.8, 4) is 0 Å². The zero-order valence-corrected chi connectivity index (χ0v) is 9.97. The molecule has 0 saturated carbocycles. The summed E-state index contributed by atoms with van der Waals surface area (Å²) in [4.78, 5) is 13.1. The normalized spacial score (nSPS) is 18.1. The molecule has 1 aromatic rings. The lowest BCUT2D eigenvalue weighted by molar-refractivity contribution is -0.121. The highest BCUT2D eigenvalue weighted by Crippen LogP contribution is 2.13. The predicted octanol–water partition coefficient (Wildman–Crippen LogP) is 1.68. The Bertz CT molecular complexity index is 476. The fraction of sp³-hybridized carbons (Fsp3) is 0.167. The largest absolute Gasteiger partial charge is 0.328 e. The predicted molar refractivity (Wildman–Crippen MR) is 67.7 cm³/mol. The molecule has 1 aliphatic rings. The summed E-state index contributed by atoms with van der Waals surface area (Å²) in [5, 5.41) is 3.33. The van der Waals surface area contributed by atoms with Crippen LogP contribution in [-0.2, 0) is 4.79 Å². The minimum Gasteiger partial charge on any atom is -0.328 e. The van der Waals surface area contributed by atoms with Crippen LogP contribution in [0.2, 0.25) is 0 Å². The van der Waals surface area contributed by atoms with E-state index in [-0.39, 0.29) is 5.91 Å². The second-order valence-corrected chi connectivity index (χ2v) is 4.15. The van der Waals surface area contributed by atoms with Crippen molar-refractivity contribution in [2.75, 3.05) is 7.05 Å². The molecule has 3 nitrogen and oxygen atoms in total. The molecule has 4 heteroatoms. The third-order valence-corrected chi connectivity index (χ3v) is 2.85. The quantitative estimate of drug-likeness (QED) is 0.590. The van der Waals surface area contributed by atoms with Crippen molar-refractivity contribution >= 4 is 29.3 Å². The van der Waals surface area contributed by atoms with Crippen LogP contribution in [0, 0.1) is 6.92 Å². The summed E-state index contributed by atoms with van der Waals surface area (Å²) < 4.78 is 0. The number of nitrogens with one attached hydrogen (secondary N) is 1. The van der Waals surface area contributed by atoms with Gasteiger partial charge in [0.1, 0.15) is 5.70 Å². The van der Waals surface area contributed by atoms with Gasteiger partial charge in [-0.1, -0.05) is 29.8 Å². The van der Waals surface area contributed by atoms with Crippen LogP contribution in [0.15, 0.2) is 30.0 Å². The van der Waals surface area contributed by atoms with Crippen molar-refractivity contribution in [3.63, 3.8) is 0 Å². The molecule has 16 heavy (non-hydrogen) atoms. The first-order chi connectivity index (χ1) is 7.58. The summed E-state index contributed by atoms with van der Waals surface area (Å²) >= 11 is 4.99. The smallest absolute Gasteiger partial charge is 0.276 e. The Hall–Kier alpha value is -1.68. The van der Waals surface area contributed by atoms with Crippen molar-refractivity contribution in [2.45, 2.75) is 6.92 Å². The van der Waals surface area contributed by atoms with E-state index >= 15 is 0 Å². The molecule has 1 N–H and O–H groups in total. The Morgan fingerprint density at radius 2 is 1.94 bits per heavy atom. The van der Waals surface area contributed by atoms with E-state index in [1.54, 1.807) is 13.1 Å². The standard InChI is InChI=1S/C12H12N2OS/c1-8-3-5-9(6-4-8)7-10-11(15)14(2)12(16)13-10/h3-7H,1-2H3,(H,13,16). The van der Waals surface area contributed by atoms with Gasteiger partial charge in [0, 0.05) is 7.05 Å². The van der Waals surface area contributed by atoms with Gasteiger partial charge in [-0.15, -0.1) is 0 Å². The van der Waals surface area contributed by atoms with E-state index in [2.05, 4.69) is 5.32 Å². The Morgan fingerprint density at radius 3 is 2.44 bits per heavy atom. The fourth-order valence-corrected chi connectivity index (χ4v) is 1.65. The molecule has 0 aromatic heterocycles. The number of nitrogens with zero attached hydrogens (tertiary/aromatic N) is 1. The summed E-state index contributed by atoms with van der Waals surface area (Å²) in [7, 11) is 1.66. The maximum atomic E-state index is 11.7. The number of hydrogen-bond donors (Lipinski definition) is 1. The van der Waals surface area contributed by atoms with Crippen molar-refractivity contribution in [1.82, 2.24) is 10.2 Å². The third kappa shape index (κ3) is 1.97. The van der Waals surface area contributed by atoms with Crippen molar-refractivity contribution in [2.24, 2.45) is 0 Å². The van der Waals surface area contributed by atoms with Gasteiger partial charge in [0.05, 0.1) is 0 Å². The number of benzene rings is 1. The molecule has 1 fully saturated rings. The van der Waals surface area contributed by atoms with Gasteiger partial charge >= 0.3 is 0 Å². The van der Waals surface area contributed by atoms with Gasteiger partial charge < -0.3 is 5.32 Å². The van der Waals surface area contributed by atoms with E-state index in [9.17, 15) is 4.79 Å². The summed E-state index contributed by atoms with van der Waals surface area (Å²) in [5.74, 6) is -0.0921. The lowest BCUT2D eigenvalue weighted by atomic mass is 10.1. The van der Waals surface area contributed by atoms with E-state index in [4.69, 9.17) is 12.2 Å². The van der Waals surface area contributed by atoms with E-state index < -0.39 is 0 Å². The van der Waals surface area contributed by atoms with Gasteiger partial charge in [-0.3, -0.25) is 9.69 Å². The van der Waals surface area contributed by atoms with Gasteiger partial charge in [-0.25, -0.2) is 0 Å². The number of likely N-dealkylation sites (N-methyl/N-ethyl adjacent to an activating group) is 1. The Labute approximate surface area is 99.8 Å². The van der Waals surface area contributed by atoms with Gasteiger partial charge in [-0.05, 0) is 30.8 Å². The molecule has 2 rings (SSSR count). The average molecular weight is 232 g/mol. The highest BCUT2D eigenvalue weighted by Gasteiger charge is 2.26. The summed E-state index contributed by atoms with van der Waals surface area (Å²) in [6, 6.07) is 7.96. The highest BCUT2D eigenvalue weighted by molar-refractivity contribution is 7.80. The first-order valence-electron chi connectivity index (χ1n) is 4.95. The maximum Gasteiger partial charge on any atom is 0.276 e. The summed E-state index contributed by atoms with van der Waals surface area (Å²) in [5.41, 5.74) is 2.70. The minimum atomic E-state index is -0.0921. The third-order valence-electron chi connectivity index (χ3n) is 2.47. The zero-order valence-electron chi connectivity index (χ0n) is 9.15. The lowest BCUT2D eigenvalue weighted by Gasteiger charge is -2.02. The van der Waals surface area contributed by atoms with Crippen LogP contribution in [-0.4, -0.2) is 23.0 Å². The van der Waals surface area contributed by atoms with Gasteiger partial charge in [0.15, 0.2) is 5.11 Å². The van der Waals surface area contributed by atoms with Crippen LogP contribution in [0.3, 0.4) is 0 Å². The summed E-state index contributed by atoms with van der Waals surface area (Å²) in [6.07, 6.45) is 1.80. The molecule has 82 valence electrons. The second kappa shape index (κ2) is 4.06. The highest BCUT2D eigenvalue weighted by atomic mass is 32.1. The molecule has 0 spiro atoms. The maximum absolute atomic E-state index is 11.7. The average Bonchev–Trinajstić information content (AvgIpc) is 2.50. The van der Waals surface area contributed by atoms with Crippen LogP contribution in [0.5, 0.6) is 0 Å². The number of rotatable bonds is 1. The van der Waals surface area contributed by atoms with Crippen LogP contribution in [0.4, 0.5) is 0 Å². The number of aryl methyl sites for hydroxylation is 1.